The molecule has 1 aromatic rings. The molecule has 1 N–H and O–H groups in total. The maximum atomic E-state index is 12.5. The van der Waals surface area contributed by atoms with Crippen molar-refractivity contribution in [3.63, 3.8) is 0 Å². The molecule has 0 aliphatic heterocycles. The fourth-order valence-electron chi connectivity index (χ4n) is 1.58. The maximum absolute atomic E-state index is 12.5. The number of carbonyl (C=O) groups excluding carboxylic acids is 1. The van der Waals surface area contributed by atoms with E-state index in [0.29, 0.717) is 13.2 Å². The lowest BCUT2D eigenvalue weighted by Crippen LogP contribution is -2.32. The Labute approximate surface area is 127 Å². The van der Waals surface area contributed by atoms with Crippen LogP contribution in [0.4, 0.5) is 13.2 Å². The number of unbranched alkanes of at least 4 members (excludes halogenated alkanes) is 1. The third-order valence-electron chi connectivity index (χ3n) is 2.74. The van der Waals surface area contributed by atoms with Gasteiger partial charge in [-0.15, -0.1) is 0 Å². The molecule has 0 aromatic heterocycles. The first-order valence-electron chi connectivity index (χ1n) is 7.04. The molecule has 0 aliphatic carbocycles. The molecule has 0 aliphatic rings. The van der Waals surface area contributed by atoms with Gasteiger partial charge in [0.15, 0.2) is 0 Å². The fraction of sp³-hybridized carbons (Fsp3) is 0.467. The lowest BCUT2D eigenvalue weighted by molar-refractivity contribution is -0.137. The van der Waals surface area contributed by atoms with Gasteiger partial charge in [-0.05, 0) is 37.6 Å². The summed E-state index contributed by atoms with van der Waals surface area (Å²) in [5.41, 5.74) is -0.693. The van der Waals surface area contributed by atoms with Crippen molar-refractivity contribution in [1.29, 1.82) is 0 Å². The SMILES string of the molecule is CCCCN=C(NC(=O)c1ccc(C(F)(F)F)cc1)OCC. The van der Waals surface area contributed by atoms with Gasteiger partial charge in [0, 0.05) is 12.1 Å². The molecule has 22 heavy (non-hydrogen) atoms. The van der Waals surface area contributed by atoms with Gasteiger partial charge in [0.1, 0.15) is 0 Å². The first-order chi connectivity index (χ1) is 10.4. The minimum Gasteiger partial charge on any atom is -0.465 e. The minimum atomic E-state index is -4.42. The molecular weight excluding hydrogens is 297 g/mol. The molecule has 7 heteroatoms. The van der Waals surface area contributed by atoms with Crippen molar-refractivity contribution < 1.29 is 22.7 Å². The van der Waals surface area contributed by atoms with Crippen LogP contribution >= 0.6 is 0 Å². The van der Waals surface area contributed by atoms with Crippen LogP contribution in [0.25, 0.3) is 0 Å². The monoisotopic (exact) mass is 316 g/mol. The number of amides is 1. The lowest BCUT2D eigenvalue weighted by atomic mass is 10.1. The topological polar surface area (TPSA) is 50.7 Å². The van der Waals surface area contributed by atoms with Crippen LogP contribution in [-0.2, 0) is 10.9 Å². The highest BCUT2D eigenvalue weighted by Crippen LogP contribution is 2.29. The van der Waals surface area contributed by atoms with Crippen molar-refractivity contribution >= 4 is 11.9 Å². The van der Waals surface area contributed by atoms with E-state index >= 15 is 0 Å². The molecule has 4 nitrogen and oxygen atoms in total. The normalized spacial score (nSPS) is 12.1. The van der Waals surface area contributed by atoms with Crippen molar-refractivity contribution in [2.24, 2.45) is 4.99 Å². The molecule has 1 aromatic carbocycles. The Morgan fingerprint density at radius 1 is 1.23 bits per heavy atom. The number of aliphatic imine (C=N–C) groups is 1. The third kappa shape index (κ3) is 5.75. The molecule has 0 saturated carbocycles. The van der Waals surface area contributed by atoms with Crippen LogP contribution in [0.15, 0.2) is 29.3 Å². The van der Waals surface area contributed by atoms with Crippen LogP contribution in [0, 0.1) is 0 Å². The van der Waals surface area contributed by atoms with Crippen LogP contribution in [-0.4, -0.2) is 25.1 Å². The number of ether oxygens (including phenoxy) is 1. The number of amidine groups is 1. The van der Waals surface area contributed by atoms with Crippen LogP contribution in [0.2, 0.25) is 0 Å². The summed E-state index contributed by atoms with van der Waals surface area (Å²) in [6.45, 7) is 4.60. The molecule has 0 spiro atoms. The number of halogens is 3. The number of nitrogens with zero attached hydrogens (tertiary/aromatic N) is 1. The molecule has 122 valence electrons. The fourth-order valence-corrected chi connectivity index (χ4v) is 1.58. The van der Waals surface area contributed by atoms with Crippen molar-refractivity contribution in [3.05, 3.63) is 35.4 Å². The molecule has 0 saturated heterocycles. The summed E-state index contributed by atoms with van der Waals surface area (Å²) < 4.78 is 42.6. The second-order valence-corrected chi connectivity index (χ2v) is 4.50. The van der Waals surface area contributed by atoms with E-state index in [0.717, 1.165) is 37.1 Å². The summed E-state index contributed by atoms with van der Waals surface area (Å²) in [5, 5.41) is 2.46. The van der Waals surface area contributed by atoms with Gasteiger partial charge < -0.3 is 4.74 Å². The quantitative estimate of drug-likeness (QED) is 0.512. The predicted molar refractivity (Wildman–Crippen MR) is 77.7 cm³/mol. The molecule has 0 heterocycles. The maximum Gasteiger partial charge on any atom is 0.416 e. The van der Waals surface area contributed by atoms with Crippen LogP contribution < -0.4 is 5.32 Å². The van der Waals surface area contributed by atoms with Gasteiger partial charge in [0.25, 0.3) is 11.9 Å². The molecule has 0 atom stereocenters. The number of carbonyl (C=O) groups is 1. The van der Waals surface area contributed by atoms with Crippen LogP contribution in [0.5, 0.6) is 0 Å². The Morgan fingerprint density at radius 2 is 1.86 bits per heavy atom. The third-order valence-corrected chi connectivity index (χ3v) is 2.74. The smallest absolute Gasteiger partial charge is 0.416 e. The molecular formula is C15H19F3N2O2. The van der Waals surface area contributed by atoms with E-state index in [1.165, 1.54) is 0 Å². The Kier molecular flexibility index (Phi) is 6.88. The van der Waals surface area contributed by atoms with Gasteiger partial charge >= 0.3 is 6.18 Å². The van der Waals surface area contributed by atoms with E-state index in [4.69, 9.17) is 4.74 Å². The second kappa shape index (κ2) is 8.41. The van der Waals surface area contributed by atoms with Gasteiger partial charge in [-0.3, -0.25) is 10.1 Å². The van der Waals surface area contributed by atoms with E-state index in [2.05, 4.69) is 10.3 Å². The molecule has 0 unspecified atom stereocenters. The number of alkyl halides is 3. The van der Waals surface area contributed by atoms with E-state index in [1.54, 1.807) is 6.92 Å². The average molecular weight is 316 g/mol. The first-order valence-corrected chi connectivity index (χ1v) is 7.04. The van der Waals surface area contributed by atoms with Gasteiger partial charge in [0.05, 0.1) is 12.2 Å². The Hall–Kier alpha value is -2.05. The van der Waals surface area contributed by atoms with Gasteiger partial charge in [-0.25, -0.2) is 4.99 Å². The van der Waals surface area contributed by atoms with Crippen LogP contribution in [0.3, 0.4) is 0 Å². The molecule has 0 radical (unpaired) electrons. The summed E-state index contributed by atoms with van der Waals surface area (Å²) in [4.78, 5) is 16.1. The summed E-state index contributed by atoms with van der Waals surface area (Å²) in [6, 6.07) is 4.05. The van der Waals surface area contributed by atoms with Gasteiger partial charge in [-0.2, -0.15) is 13.2 Å². The molecule has 1 rings (SSSR count). The first kappa shape index (κ1) is 18.0. The predicted octanol–water partition coefficient (Wildman–Crippen LogP) is 3.63. The van der Waals surface area contributed by atoms with E-state index in [9.17, 15) is 18.0 Å². The number of benzene rings is 1. The van der Waals surface area contributed by atoms with Crippen molar-refractivity contribution in [1.82, 2.24) is 5.32 Å². The molecule has 1 amide bonds. The zero-order valence-corrected chi connectivity index (χ0v) is 12.5. The Morgan fingerprint density at radius 3 is 2.36 bits per heavy atom. The van der Waals surface area contributed by atoms with E-state index in [-0.39, 0.29) is 11.6 Å². The van der Waals surface area contributed by atoms with Crippen molar-refractivity contribution in [2.75, 3.05) is 13.2 Å². The van der Waals surface area contributed by atoms with Gasteiger partial charge in [0.2, 0.25) is 0 Å². The van der Waals surface area contributed by atoms with Crippen molar-refractivity contribution in [2.45, 2.75) is 32.9 Å². The number of hydrogen-bond acceptors (Lipinski definition) is 3. The van der Waals surface area contributed by atoms with E-state index in [1.807, 2.05) is 6.92 Å². The minimum absolute atomic E-state index is 0.0841. The molecule has 0 bridgehead atoms. The average Bonchev–Trinajstić information content (AvgIpc) is 2.47. The number of hydrogen-bond donors (Lipinski definition) is 1. The van der Waals surface area contributed by atoms with Crippen molar-refractivity contribution in [3.8, 4) is 0 Å². The Balaban J connectivity index is 2.75. The second-order valence-electron chi connectivity index (χ2n) is 4.50. The number of nitrogens with one attached hydrogen (secondary N) is 1. The summed E-state index contributed by atoms with van der Waals surface area (Å²) in [7, 11) is 0. The van der Waals surface area contributed by atoms with Crippen LogP contribution in [0.1, 0.15) is 42.6 Å². The highest BCUT2D eigenvalue weighted by atomic mass is 19.4. The highest BCUT2D eigenvalue weighted by Gasteiger charge is 2.30. The zero-order chi connectivity index (χ0) is 16.6. The lowest BCUT2D eigenvalue weighted by Gasteiger charge is -2.10. The largest absolute Gasteiger partial charge is 0.465 e. The van der Waals surface area contributed by atoms with Gasteiger partial charge in [-0.1, -0.05) is 13.3 Å². The summed E-state index contributed by atoms with van der Waals surface area (Å²) in [6.07, 6.45) is -2.62. The standard InChI is InChI=1S/C15H19F3N2O2/c1-3-5-10-19-14(22-4-2)20-13(21)11-6-8-12(9-7-11)15(16,17)18/h6-9H,3-5,10H2,1-2H3,(H,19,20,21). The number of rotatable bonds is 5. The Bertz CT molecular complexity index is 511. The summed E-state index contributed by atoms with van der Waals surface area (Å²) >= 11 is 0. The zero-order valence-electron chi connectivity index (χ0n) is 12.5. The van der Waals surface area contributed by atoms with E-state index < -0.39 is 17.6 Å². The molecule has 0 fully saturated rings. The summed E-state index contributed by atoms with van der Waals surface area (Å²) in [5.74, 6) is -0.558. The highest BCUT2D eigenvalue weighted by molar-refractivity contribution is 6.04.